The lowest BCUT2D eigenvalue weighted by atomic mass is 9.96. The Morgan fingerprint density at radius 1 is 1.23 bits per heavy atom. The van der Waals surface area contributed by atoms with Gasteiger partial charge in [-0.25, -0.2) is 0 Å². The fraction of sp³-hybridized carbons (Fsp3) is 0.529. The Kier molecular flexibility index (Phi) is 5.41. The van der Waals surface area contributed by atoms with E-state index in [0.717, 1.165) is 18.7 Å². The molecule has 120 valence electrons. The van der Waals surface area contributed by atoms with E-state index >= 15 is 0 Å². The molecular formula is C17H24N2O3. The number of carbonyl (C=O) groups excluding carboxylic acids is 1. The summed E-state index contributed by atoms with van der Waals surface area (Å²) in [5.74, 6) is -1.07. The number of likely N-dealkylation sites (tertiary alicyclic amines) is 1. The second-order valence-electron chi connectivity index (χ2n) is 5.87. The lowest BCUT2D eigenvalue weighted by Gasteiger charge is -2.30. The largest absolute Gasteiger partial charge is 0.481 e. The first-order chi connectivity index (χ1) is 10.5. The maximum atomic E-state index is 12.4. The summed E-state index contributed by atoms with van der Waals surface area (Å²) in [6, 6.07) is 7.64. The van der Waals surface area contributed by atoms with E-state index in [1.165, 1.54) is 0 Å². The zero-order valence-corrected chi connectivity index (χ0v) is 13.3. The number of nitrogens with zero attached hydrogens (tertiary/aromatic N) is 2. The molecule has 2 rings (SSSR count). The molecule has 1 N–H and O–H groups in total. The monoisotopic (exact) mass is 304 g/mol. The number of amides is 1. The lowest BCUT2D eigenvalue weighted by Crippen LogP contribution is -2.40. The van der Waals surface area contributed by atoms with Crippen molar-refractivity contribution in [2.24, 2.45) is 5.92 Å². The Labute approximate surface area is 131 Å². The van der Waals surface area contributed by atoms with Crippen LogP contribution in [-0.2, 0) is 4.79 Å². The van der Waals surface area contributed by atoms with Gasteiger partial charge in [-0.2, -0.15) is 0 Å². The van der Waals surface area contributed by atoms with Gasteiger partial charge < -0.3 is 14.9 Å². The van der Waals surface area contributed by atoms with Crippen LogP contribution < -0.4 is 4.90 Å². The van der Waals surface area contributed by atoms with Gasteiger partial charge in [-0.05, 0) is 43.5 Å². The maximum Gasteiger partial charge on any atom is 0.306 e. The highest BCUT2D eigenvalue weighted by Gasteiger charge is 2.27. The van der Waals surface area contributed by atoms with Crippen LogP contribution in [0.3, 0.4) is 0 Å². The van der Waals surface area contributed by atoms with Gasteiger partial charge in [0.1, 0.15) is 0 Å². The molecule has 1 aliphatic rings. The first-order valence-corrected chi connectivity index (χ1v) is 7.86. The number of benzene rings is 1. The van der Waals surface area contributed by atoms with Crippen LogP contribution in [-0.4, -0.2) is 48.6 Å². The molecule has 1 aromatic carbocycles. The van der Waals surface area contributed by atoms with Crippen LogP contribution >= 0.6 is 0 Å². The molecule has 1 fully saturated rings. The van der Waals surface area contributed by atoms with Crippen molar-refractivity contribution in [3.8, 4) is 0 Å². The van der Waals surface area contributed by atoms with E-state index in [1.807, 2.05) is 31.3 Å². The number of hydrogen-bond donors (Lipinski definition) is 1. The van der Waals surface area contributed by atoms with Gasteiger partial charge in [0, 0.05) is 37.9 Å². The molecule has 0 spiro atoms. The number of rotatable bonds is 5. The van der Waals surface area contributed by atoms with Gasteiger partial charge in [0.05, 0.1) is 5.92 Å². The molecule has 1 saturated heterocycles. The highest BCUT2D eigenvalue weighted by Crippen LogP contribution is 2.20. The molecule has 0 atom stereocenters. The third-order valence-electron chi connectivity index (χ3n) is 4.25. The summed E-state index contributed by atoms with van der Waals surface area (Å²) in [6.45, 7) is 4.16. The molecule has 0 bridgehead atoms. The highest BCUT2D eigenvalue weighted by molar-refractivity contribution is 5.94. The van der Waals surface area contributed by atoms with Crippen LogP contribution in [0.5, 0.6) is 0 Å². The van der Waals surface area contributed by atoms with Crippen LogP contribution in [0.2, 0.25) is 0 Å². The van der Waals surface area contributed by atoms with Crippen molar-refractivity contribution in [3.63, 3.8) is 0 Å². The van der Waals surface area contributed by atoms with Crippen molar-refractivity contribution in [1.82, 2.24) is 4.90 Å². The lowest BCUT2D eigenvalue weighted by molar-refractivity contribution is -0.143. The van der Waals surface area contributed by atoms with Gasteiger partial charge >= 0.3 is 5.97 Å². The molecule has 0 saturated carbocycles. The molecule has 0 aromatic heterocycles. The van der Waals surface area contributed by atoms with Gasteiger partial charge in [-0.3, -0.25) is 9.59 Å². The predicted molar refractivity (Wildman–Crippen MR) is 86.3 cm³/mol. The van der Waals surface area contributed by atoms with Crippen LogP contribution in [0, 0.1) is 5.92 Å². The van der Waals surface area contributed by atoms with Crippen LogP contribution in [0.15, 0.2) is 24.3 Å². The number of hydrogen-bond acceptors (Lipinski definition) is 3. The van der Waals surface area contributed by atoms with Gasteiger partial charge in [0.2, 0.25) is 0 Å². The Morgan fingerprint density at radius 2 is 1.82 bits per heavy atom. The summed E-state index contributed by atoms with van der Waals surface area (Å²) in [7, 11) is 2.04. The van der Waals surface area contributed by atoms with E-state index in [1.54, 1.807) is 4.90 Å². The second kappa shape index (κ2) is 7.29. The molecule has 1 aliphatic heterocycles. The maximum absolute atomic E-state index is 12.4. The Bertz CT molecular complexity index is 519. The van der Waals surface area contributed by atoms with Gasteiger partial charge in [-0.1, -0.05) is 6.92 Å². The third-order valence-corrected chi connectivity index (χ3v) is 4.25. The zero-order valence-electron chi connectivity index (χ0n) is 13.3. The minimum absolute atomic E-state index is 0.00599. The number of piperidine rings is 1. The van der Waals surface area contributed by atoms with Crippen molar-refractivity contribution < 1.29 is 14.7 Å². The zero-order chi connectivity index (χ0) is 16.1. The summed E-state index contributed by atoms with van der Waals surface area (Å²) >= 11 is 0. The molecule has 0 unspecified atom stereocenters. The molecule has 0 aliphatic carbocycles. The molecule has 5 nitrogen and oxygen atoms in total. The van der Waals surface area contributed by atoms with Crippen molar-refractivity contribution in [3.05, 3.63) is 29.8 Å². The fourth-order valence-electron chi connectivity index (χ4n) is 2.84. The van der Waals surface area contributed by atoms with Crippen molar-refractivity contribution in [2.75, 3.05) is 31.6 Å². The molecule has 1 amide bonds. The van der Waals surface area contributed by atoms with E-state index in [9.17, 15) is 9.59 Å². The van der Waals surface area contributed by atoms with Crippen molar-refractivity contribution in [2.45, 2.75) is 26.2 Å². The van der Waals surface area contributed by atoms with E-state index < -0.39 is 5.97 Å². The van der Waals surface area contributed by atoms with Crippen molar-refractivity contribution in [1.29, 1.82) is 0 Å². The SMILES string of the molecule is CCCN(C)c1ccc(C(=O)N2CCC(C(=O)O)CC2)cc1. The summed E-state index contributed by atoms with van der Waals surface area (Å²) in [5.41, 5.74) is 1.77. The van der Waals surface area contributed by atoms with Crippen LogP contribution in [0.25, 0.3) is 0 Å². The summed E-state index contributed by atoms with van der Waals surface area (Å²) in [4.78, 5) is 27.3. The van der Waals surface area contributed by atoms with E-state index in [4.69, 9.17) is 5.11 Å². The van der Waals surface area contributed by atoms with Gasteiger partial charge in [-0.15, -0.1) is 0 Å². The smallest absolute Gasteiger partial charge is 0.306 e. The molecule has 0 radical (unpaired) electrons. The average molecular weight is 304 g/mol. The topological polar surface area (TPSA) is 60.9 Å². The number of anilines is 1. The van der Waals surface area contributed by atoms with Crippen LogP contribution in [0.4, 0.5) is 5.69 Å². The van der Waals surface area contributed by atoms with Gasteiger partial charge in [0.15, 0.2) is 0 Å². The van der Waals surface area contributed by atoms with E-state index in [-0.39, 0.29) is 11.8 Å². The first kappa shape index (κ1) is 16.3. The quantitative estimate of drug-likeness (QED) is 0.908. The summed E-state index contributed by atoms with van der Waals surface area (Å²) < 4.78 is 0. The summed E-state index contributed by atoms with van der Waals surface area (Å²) in [6.07, 6.45) is 2.16. The molecule has 1 aromatic rings. The number of aliphatic carboxylic acids is 1. The molecule has 22 heavy (non-hydrogen) atoms. The normalized spacial score (nSPS) is 15.6. The Balaban J connectivity index is 1.97. The third kappa shape index (κ3) is 3.78. The second-order valence-corrected chi connectivity index (χ2v) is 5.87. The van der Waals surface area contributed by atoms with Crippen molar-refractivity contribution >= 4 is 17.6 Å². The average Bonchev–Trinajstić information content (AvgIpc) is 2.54. The minimum Gasteiger partial charge on any atom is -0.481 e. The Morgan fingerprint density at radius 3 is 2.32 bits per heavy atom. The highest BCUT2D eigenvalue weighted by atomic mass is 16.4. The number of carbonyl (C=O) groups is 2. The molecule has 1 heterocycles. The summed E-state index contributed by atoms with van der Waals surface area (Å²) in [5, 5.41) is 9.00. The van der Waals surface area contributed by atoms with E-state index in [0.29, 0.717) is 31.5 Å². The predicted octanol–water partition coefficient (Wildman–Crippen LogP) is 2.47. The fourth-order valence-corrected chi connectivity index (χ4v) is 2.84. The minimum atomic E-state index is -0.754. The molecule has 5 heteroatoms. The first-order valence-electron chi connectivity index (χ1n) is 7.86. The number of carboxylic acid groups (broad SMARTS) is 1. The standard InChI is InChI=1S/C17H24N2O3/c1-3-10-18(2)15-6-4-13(5-7-15)16(20)19-11-8-14(9-12-19)17(21)22/h4-7,14H,3,8-12H2,1-2H3,(H,21,22). The van der Waals surface area contributed by atoms with Crippen LogP contribution in [0.1, 0.15) is 36.5 Å². The number of carboxylic acids is 1. The van der Waals surface area contributed by atoms with Gasteiger partial charge in [0.25, 0.3) is 5.91 Å². The molecular weight excluding hydrogens is 280 g/mol. The Hall–Kier alpha value is -2.04. The van der Waals surface area contributed by atoms with E-state index in [2.05, 4.69) is 11.8 Å².